The molecule has 0 radical (unpaired) electrons. The van der Waals surface area contributed by atoms with E-state index < -0.39 is 0 Å². The highest BCUT2D eigenvalue weighted by Gasteiger charge is 2.45. The zero-order valence-electron chi connectivity index (χ0n) is 18.2. The van der Waals surface area contributed by atoms with Gasteiger partial charge in [0.15, 0.2) is 0 Å². The van der Waals surface area contributed by atoms with Crippen LogP contribution in [0.3, 0.4) is 0 Å². The van der Waals surface area contributed by atoms with Crippen molar-refractivity contribution in [1.82, 2.24) is 19.8 Å². The summed E-state index contributed by atoms with van der Waals surface area (Å²) in [6.45, 7) is 8.80. The molecule has 3 aliphatic rings. The van der Waals surface area contributed by atoms with Gasteiger partial charge < -0.3 is 10.0 Å². The fourth-order valence-corrected chi connectivity index (χ4v) is 6.92. The first-order valence-corrected chi connectivity index (χ1v) is 12.1. The van der Waals surface area contributed by atoms with E-state index in [0.29, 0.717) is 17.4 Å². The number of carbonyl (C=O) groups is 1. The van der Waals surface area contributed by atoms with Crippen molar-refractivity contribution in [3.63, 3.8) is 0 Å². The summed E-state index contributed by atoms with van der Waals surface area (Å²) in [6.07, 6.45) is 6.14. The second kappa shape index (κ2) is 7.53. The molecule has 6 nitrogen and oxygen atoms in total. The van der Waals surface area contributed by atoms with Crippen LogP contribution in [0.1, 0.15) is 68.3 Å². The van der Waals surface area contributed by atoms with Crippen molar-refractivity contribution < 1.29 is 9.90 Å². The zero-order chi connectivity index (χ0) is 21.0. The molecule has 4 heterocycles. The highest BCUT2D eigenvalue weighted by atomic mass is 32.1. The Hall–Kier alpha value is -1.57. The number of aliphatic hydroxyl groups is 1. The van der Waals surface area contributed by atoms with Gasteiger partial charge in [0.05, 0.1) is 5.69 Å². The van der Waals surface area contributed by atoms with E-state index in [1.54, 1.807) is 0 Å². The van der Waals surface area contributed by atoms with Crippen molar-refractivity contribution in [2.75, 3.05) is 19.7 Å². The maximum Gasteiger partial charge on any atom is 0.248 e. The summed E-state index contributed by atoms with van der Waals surface area (Å²) < 4.78 is 0. The number of rotatable bonds is 4. The number of amides is 1. The fourth-order valence-electron chi connectivity index (χ4n) is 5.65. The van der Waals surface area contributed by atoms with E-state index in [0.717, 1.165) is 42.4 Å². The smallest absolute Gasteiger partial charge is 0.248 e. The third kappa shape index (κ3) is 3.65. The van der Waals surface area contributed by atoms with E-state index in [1.807, 2.05) is 23.2 Å². The van der Waals surface area contributed by atoms with Crippen molar-refractivity contribution in [2.24, 2.45) is 5.41 Å². The number of aliphatic hydroxyl groups excluding tert-OH is 1. The fraction of sp³-hybridized carbons (Fsp3) is 0.696. The molecule has 5 rings (SSSR count). The van der Waals surface area contributed by atoms with Gasteiger partial charge in [0.1, 0.15) is 17.3 Å². The quantitative estimate of drug-likeness (QED) is 0.808. The normalized spacial score (nSPS) is 26.7. The van der Waals surface area contributed by atoms with Crippen LogP contribution in [0.5, 0.6) is 0 Å². The Bertz CT molecular complexity index is 962. The molecule has 3 fully saturated rings. The number of nitrogens with zero attached hydrogens (tertiary/aromatic N) is 4. The third-order valence-electron chi connectivity index (χ3n) is 7.51. The SMILES string of the molecule is Cc1nc(CN2C[C@@H]3C[C@H]2CN3C(=O)CO)c2cc(C3CCC(C)(C)CC3)sc2n1. The molecule has 2 aromatic rings. The Morgan fingerprint density at radius 2 is 2.00 bits per heavy atom. The molecule has 30 heavy (non-hydrogen) atoms. The van der Waals surface area contributed by atoms with Crippen LogP contribution in [0.25, 0.3) is 10.2 Å². The molecule has 1 saturated carbocycles. The lowest BCUT2D eigenvalue weighted by Crippen LogP contribution is -2.49. The van der Waals surface area contributed by atoms with Gasteiger partial charge in [0.2, 0.25) is 5.91 Å². The molecule has 2 aliphatic heterocycles. The minimum absolute atomic E-state index is 0.138. The number of aryl methyl sites for hydroxylation is 1. The Morgan fingerprint density at radius 1 is 1.23 bits per heavy atom. The van der Waals surface area contributed by atoms with E-state index in [1.165, 1.54) is 35.9 Å². The van der Waals surface area contributed by atoms with Crippen LogP contribution in [0, 0.1) is 12.3 Å². The van der Waals surface area contributed by atoms with Gasteiger partial charge >= 0.3 is 0 Å². The van der Waals surface area contributed by atoms with Gasteiger partial charge in [-0.05, 0) is 56.4 Å². The van der Waals surface area contributed by atoms with Crippen molar-refractivity contribution in [3.05, 3.63) is 22.5 Å². The predicted octanol–water partition coefficient (Wildman–Crippen LogP) is 3.46. The molecular formula is C23H32N4O2S. The van der Waals surface area contributed by atoms with Crippen LogP contribution < -0.4 is 0 Å². The minimum Gasteiger partial charge on any atom is -0.387 e. The van der Waals surface area contributed by atoms with Crippen LogP contribution in [0.4, 0.5) is 0 Å². The topological polar surface area (TPSA) is 69.6 Å². The van der Waals surface area contributed by atoms with Crippen LogP contribution in [-0.4, -0.2) is 62.6 Å². The zero-order valence-corrected chi connectivity index (χ0v) is 19.0. The Kier molecular flexibility index (Phi) is 5.11. The van der Waals surface area contributed by atoms with E-state index in [2.05, 4.69) is 24.8 Å². The number of aromatic nitrogens is 2. The maximum atomic E-state index is 11.9. The van der Waals surface area contributed by atoms with Gasteiger partial charge in [-0.25, -0.2) is 9.97 Å². The molecule has 0 unspecified atom stereocenters. The second-order valence-corrected chi connectivity index (χ2v) is 11.3. The summed E-state index contributed by atoms with van der Waals surface area (Å²) in [5.41, 5.74) is 1.61. The monoisotopic (exact) mass is 428 g/mol. The van der Waals surface area contributed by atoms with Gasteiger partial charge in [-0.1, -0.05) is 13.8 Å². The lowest BCUT2D eigenvalue weighted by Gasteiger charge is -2.34. The molecule has 0 aromatic carbocycles. The number of hydrogen-bond acceptors (Lipinski definition) is 6. The van der Waals surface area contributed by atoms with Gasteiger partial charge in [0.25, 0.3) is 0 Å². The van der Waals surface area contributed by atoms with Crippen molar-refractivity contribution in [3.8, 4) is 0 Å². The molecular weight excluding hydrogens is 396 g/mol. The predicted molar refractivity (Wildman–Crippen MR) is 119 cm³/mol. The molecule has 0 spiro atoms. The summed E-state index contributed by atoms with van der Waals surface area (Å²) in [7, 11) is 0. The average molecular weight is 429 g/mol. The number of thiophene rings is 1. The van der Waals surface area contributed by atoms with Crippen molar-refractivity contribution in [1.29, 1.82) is 0 Å². The van der Waals surface area contributed by atoms with Gasteiger partial charge in [-0.15, -0.1) is 11.3 Å². The molecule has 1 aliphatic carbocycles. The van der Waals surface area contributed by atoms with Gasteiger partial charge in [0, 0.05) is 42.0 Å². The Balaban J connectivity index is 1.35. The summed E-state index contributed by atoms with van der Waals surface area (Å²) in [5, 5.41) is 10.4. The van der Waals surface area contributed by atoms with Gasteiger partial charge in [-0.2, -0.15) is 0 Å². The van der Waals surface area contributed by atoms with Crippen molar-refractivity contribution in [2.45, 2.75) is 77.4 Å². The van der Waals surface area contributed by atoms with E-state index in [9.17, 15) is 9.90 Å². The number of piperazine rings is 1. The van der Waals surface area contributed by atoms with Crippen LogP contribution in [-0.2, 0) is 11.3 Å². The molecule has 2 atom stereocenters. The van der Waals surface area contributed by atoms with Crippen LogP contribution >= 0.6 is 11.3 Å². The molecule has 7 heteroatoms. The first-order chi connectivity index (χ1) is 14.3. The molecule has 1 N–H and O–H groups in total. The first kappa shape index (κ1) is 20.3. The lowest BCUT2D eigenvalue weighted by molar-refractivity contribution is -0.136. The highest BCUT2D eigenvalue weighted by Crippen LogP contribution is 2.45. The molecule has 2 bridgehead atoms. The Labute approximate surface area is 182 Å². The number of hydrogen-bond donors (Lipinski definition) is 1. The average Bonchev–Trinajstić information content (AvgIpc) is 3.41. The summed E-state index contributed by atoms with van der Waals surface area (Å²) in [6, 6.07) is 2.97. The van der Waals surface area contributed by atoms with E-state index in [-0.39, 0.29) is 18.6 Å². The van der Waals surface area contributed by atoms with E-state index >= 15 is 0 Å². The first-order valence-electron chi connectivity index (χ1n) is 11.2. The summed E-state index contributed by atoms with van der Waals surface area (Å²) in [5.74, 6) is 1.36. The lowest BCUT2D eigenvalue weighted by atomic mass is 9.73. The second-order valence-electron chi connectivity index (χ2n) is 10.2. The highest BCUT2D eigenvalue weighted by molar-refractivity contribution is 7.18. The standard InChI is InChI=1S/C23H32N4O2S/c1-14-24-19(12-26-10-17-8-16(26)11-27(17)21(29)13-28)18-9-20(30-22(18)25-14)15-4-6-23(2,3)7-5-15/h9,15-17,28H,4-8,10-13H2,1-3H3/t16-,17-/m0/s1. The van der Waals surface area contributed by atoms with Crippen LogP contribution in [0.15, 0.2) is 6.07 Å². The molecule has 1 amide bonds. The molecule has 162 valence electrons. The maximum absolute atomic E-state index is 11.9. The molecule has 2 aromatic heterocycles. The largest absolute Gasteiger partial charge is 0.387 e. The molecule has 2 saturated heterocycles. The van der Waals surface area contributed by atoms with E-state index in [4.69, 9.17) is 9.97 Å². The van der Waals surface area contributed by atoms with Crippen LogP contribution in [0.2, 0.25) is 0 Å². The summed E-state index contributed by atoms with van der Waals surface area (Å²) >= 11 is 1.86. The number of carbonyl (C=O) groups excluding carboxylic acids is 1. The third-order valence-corrected chi connectivity index (χ3v) is 8.70. The number of likely N-dealkylation sites (tertiary alicyclic amines) is 2. The van der Waals surface area contributed by atoms with Gasteiger partial charge in [-0.3, -0.25) is 9.69 Å². The van der Waals surface area contributed by atoms with Crippen molar-refractivity contribution >= 4 is 27.5 Å². The Morgan fingerprint density at radius 3 is 2.67 bits per heavy atom. The number of fused-ring (bicyclic) bond motifs is 3. The minimum atomic E-state index is -0.384. The summed E-state index contributed by atoms with van der Waals surface area (Å²) in [4.78, 5) is 28.4.